The molecule has 34 nitrogen and oxygen atoms in total. The Labute approximate surface area is 680 Å². The summed E-state index contributed by atoms with van der Waals surface area (Å²) in [6, 6.07) is 1.02. The monoisotopic (exact) mass is 1660 g/mol. The summed E-state index contributed by atoms with van der Waals surface area (Å²) in [4.78, 5) is 207. The number of amides is 15. The van der Waals surface area contributed by atoms with Gasteiger partial charge in [-0.1, -0.05) is 87.4 Å². The Kier molecular flexibility index (Phi) is 40.1. The molecule has 10 N–H and O–H groups in total. The van der Waals surface area contributed by atoms with E-state index in [-0.39, 0.29) is 103 Å². The third kappa shape index (κ3) is 31.1. The molecule has 644 valence electrons. The van der Waals surface area contributed by atoms with Crippen LogP contribution in [-0.4, -0.2) is 270 Å². The Morgan fingerprint density at radius 1 is 0.612 bits per heavy atom. The zero-order valence-electron chi connectivity index (χ0n) is 69.7. The number of aromatic nitrogens is 2. The zero-order chi connectivity index (χ0) is 88.1. The number of carbonyl (C=O) groups excluding carboxylic acids is 15. The van der Waals surface area contributed by atoms with Crippen LogP contribution in [0.2, 0.25) is 5.02 Å². The van der Waals surface area contributed by atoms with Gasteiger partial charge < -0.3 is 87.1 Å². The van der Waals surface area contributed by atoms with Gasteiger partial charge in [-0.05, 0) is 124 Å². The van der Waals surface area contributed by atoms with Crippen molar-refractivity contribution < 1.29 is 94.9 Å². The smallest absolute Gasteiger partial charge is 0.434 e. The molecule has 3 aromatic rings. The molecule has 0 radical (unpaired) electrons. The first kappa shape index (κ1) is 99.5. The Bertz CT molecular complexity index is 3950. The van der Waals surface area contributed by atoms with Crippen molar-refractivity contribution in [1.29, 1.82) is 0 Å². The molecule has 0 bridgehead atoms. The first-order chi connectivity index (χ1) is 54.1. The van der Waals surface area contributed by atoms with Gasteiger partial charge in [0.25, 0.3) is 11.8 Å². The van der Waals surface area contributed by atoms with Gasteiger partial charge in [-0.2, -0.15) is 18.3 Å². The average molecular weight is 1660 g/mol. The number of aliphatic hydroxyl groups is 1. The van der Waals surface area contributed by atoms with E-state index >= 15 is 0 Å². The molecule has 0 saturated carbocycles. The lowest BCUT2D eigenvalue weighted by Gasteiger charge is -2.35. The number of carbonyl (C=O) groups is 15. The van der Waals surface area contributed by atoms with Crippen LogP contribution in [0.5, 0.6) is 5.75 Å². The van der Waals surface area contributed by atoms with Crippen molar-refractivity contribution in [2.24, 2.45) is 29.6 Å². The van der Waals surface area contributed by atoms with Gasteiger partial charge in [-0.25, -0.2) is 4.68 Å². The molecule has 2 unspecified atom stereocenters. The Morgan fingerprint density at radius 3 is 1.68 bits per heavy atom. The van der Waals surface area contributed by atoms with E-state index in [1.54, 1.807) is 41.5 Å². The Morgan fingerprint density at radius 2 is 1.14 bits per heavy atom. The maximum Gasteiger partial charge on any atom is 0.434 e. The van der Waals surface area contributed by atoms with Gasteiger partial charge in [0.05, 0.1) is 49.6 Å². The molecule has 15 amide bonds. The number of nitrogens with zero attached hydrogens (tertiary/aromatic N) is 8. The molecule has 0 aliphatic carbocycles. The summed E-state index contributed by atoms with van der Waals surface area (Å²) in [5.74, 6) is -11.2. The normalized spacial score (nSPS) is 13.7. The number of alkyl halides is 3. The minimum absolute atomic E-state index is 0.00364. The molecule has 0 fully saturated rings. The van der Waals surface area contributed by atoms with Crippen LogP contribution in [0.1, 0.15) is 144 Å². The lowest BCUT2D eigenvalue weighted by atomic mass is 9.95. The number of hydrogen-bond acceptors (Lipinski definition) is 18. The number of benzene rings is 2. The maximum atomic E-state index is 14.5. The number of halogens is 4. The second-order valence-corrected chi connectivity index (χ2v) is 30.7. The van der Waals surface area contributed by atoms with Gasteiger partial charge in [0.1, 0.15) is 48.0 Å². The van der Waals surface area contributed by atoms with Gasteiger partial charge in [0, 0.05) is 85.2 Å². The minimum atomic E-state index is -5.06. The van der Waals surface area contributed by atoms with Gasteiger partial charge in [-0.15, -0.1) is 0 Å². The van der Waals surface area contributed by atoms with Crippen molar-refractivity contribution in [2.75, 3.05) is 99.3 Å². The molecule has 3 rings (SSSR count). The van der Waals surface area contributed by atoms with Gasteiger partial charge >= 0.3 is 6.18 Å². The molecule has 0 saturated heterocycles. The van der Waals surface area contributed by atoms with Crippen LogP contribution in [0, 0.1) is 29.6 Å². The second kappa shape index (κ2) is 46.7. The van der Waals surface area contributed by atoms with E-state index in [0.717, 1.165) is 27.0 Å². The molecule has 1 aromatic heterocycles. The molecule has 1 heterocycles. The first-order valence-electron chi connectivity index (χ1n) is 38.2. The summed E-state index contributed by atoms with van der Waals surface area (Å²) in [6.07, 6.45) is -3.92. The highest BCUT2D eigenvalue weighted by molar-refractivity contribution is 6.31. The van der Waals surface area contributed by atoms with Crippen LogP contribution in [0.4, 0.5) is 24.5 Å². The summed E-state index contributed by atoms with van der Waals surface area (Å²) in [6.45, 7) is 21.8. The van der Waals surface area contributed by atoms with Crippen molar-refractivity contribution in [2.45, 2.75) is 183 Å². The molecule has 9 atom stereocenters. The molecule has 2 aromatic carbocycles. The van der Waals surface area contributed by atoms with E-state index in [4.69, 9.17) is 16.3 Å². The van der Waals surface area contributed by atoms with Gasteiger partial charge in [0.2, 0.25) is 76.8 Å². The van der Waals surface area contributed by atoms with E-state index in [1.165, 1.54) is 120 Å². The van der Waals surface area contributed by atoms with Crippen molar-refractivity contribution >= 4 is 112 Å². The van der Waals surface area contributed by atoms with E-state index in [0.29, 0.717) is 17.5 Å². The number of hydrogen-bond donors (Lipinski definition) is 10. The van der Waals surface area contributed by atoms with Crippen molar-refractivity contribution in [3.63, 3.8) is 0 Å². The largest absolute Gasteiger partial charge is 0.484 e. The molecular formula is C78H117ClF3N17O17. The van der Waals surface area contributed by atoms with E-state index in [2.05, 4.69) is 59.5 Å². The Balaban J connectivity index is 1.50. The van der Waals surface area contributed by atoms with E-state index in [1.807, 2.05) is 27.7 Å². The van der Waals surface area contributed by atoms with Gasteiger partial charge in [0.15, 0.2) is 12.3 Å². The molecule has 0 aliphatic heterocycles. The number of likely N-dealkylation sites (N-methyl/N-ethyl adjacent to an activating group) is 7. The molecular weight excluding hydrogens is 1540 g/mol. The highest BCUT2D eigenvalue weighted by Gasteiger charge is 2.42. The highest BCUT2D eigenvalue weighted by atomic mass is 35.5. The summed E-state index contributed by atoms with van der Waals surface area (Å²) in [5, 5.41) is 38.0. The summed E-state index contributed by atoms with van der Waals surface area (Å²) in [7, 11) is 9.74. The van der Waals surface area contributed by atoms with Crippen LogP contribution in [0.15, 0.2) is 61.3 Å². The predicted molar refractivity (Wildman–Crippen MR) is 427 cm³/mol. The maximum absolute atomic E-state index is 14.5. The number of nitrogens with one attached hydrogen (secondary N) is 9. The molecule has 38 heteroatoms. The lowest BCUT2D eigenvalue weighted by molar-refractivity contribution is -0.147. The van der Waals surface area contributed by atoms with Crippen molar-refractivity contribution in [1.82, 2.24) is 76.4 Å². The van der Waals surface area contributed by atoms with E-state index in [9.17, 15) is 90.2 Å². The molecule has 0 spiro atoms. The summed E-state index contributed by atoms with van der Waals surface area (Å²) >= 11 is 6.10. The van der Waals surface area contributed by atoms with Crippen LogP contribution >= 0.6 is 11.6 Å². The van der Waals surface area contributed by atoms with Crippen LogP contribution in [0.3, 0.4) is 0 Å². The topological polar surface area (TPSA) is 431 Å². The standard InChI is InChI=1S/C78H117ClF3N17O17/c1-21-56(91-62(103)37-59(100)47(11)24-23-25-61(102)84-30-31-85-63(104)42-116-54-28-26-53(27-29-54)99-69(78(80,81)82)55(38-86-99)71(109)90-52-35-50(79)34-51(36-52)89-60(101)22-2)76(114)95(17)41-65(106)96(18)57(32-43(3)4)73(111)92-67(45(7)8)77(115)97(19)58(33-44(5)6)72(110)87-48(12)70(108)88-49(13)75(113)94(16)39-64(105)93(15)40-66(107)98(20)68(46(9)10)74(112)83-14/h22,26-29,34-36,38,43-49,56-59,67-68,100H,2,21,23-25,30-33,37,39-42H2,1,3-20H3,(H,83,112)(H,84,102)(H,85,104)(H,87,110)(H,88,108)(H,89,101)(H,90,109)(H,91,103)(H,92,111)/t47-,48+,49-,56+,57+,58+,59+,67?,68?/m1/s1. The SMILES string of the molecule is C=CC(=O)Nc1cc(Cl)cc(NC(=O)c2cnn(-c3ccc(OCC(=O)NCCNC(=O)CCC[C@@H](C)[C@@H](O)CC(=O)N[C@@H](CC)C(=O)N(C)CC(=O)N(C)[C@@H](CC(C)C)C(=O)NC(C(=O)N(C)[C@@H](CC(C)C)C(=O)N[C@@H](C)C(=O)N[C@H](C)C(=O)N(C)CC(=O)N(C)CC(=O)N(C)C(C(=O)NC)C(C)C)C(C)C)cc3)c2C(F)(F)F)c1. The van der Waals surface area contributed by atoms with Crippen LogP contribution in [0.25, 0.3) is 5.69 Å². The number of anilines is 2. The number of rotatable bonds is 45. The van der Waals surface area contributed by atoms with E-state index < -0.39 is 181 Å². The van der Waals surface area contributed by atoms with Crippen molar-refractivity contribution in [3.05, 3.63) is 77.6 Å². The third-order valence-electron chi connectivity index (χ3n) is 18.9. The fourth-order valence-corrected chi connectivity index (χ4v) is 12.4. The lowest BCUT2D eigenvalue weighted by Crippen LogP contribution is -2.60. The fraction of sp³-hybridized carbons (Fsp3) is 0.590. The van der Waals surface area contributed by atoms with Crippen LogP contribution in [-0.2, 0) is 73.3 Å². The van der Waals surface area contributed by atoms with Crippen LogP contribution < -0.4 is 52.6 Å². The predicted octanol–water partition coefficient (Wildman–Crippen LogP) is 3.49. The average Bonchev–Trinajstić information content (AvgIpc) is 1.62. The number of ether oxygens (including phenoxy) is 1. The zero-order valence-corrected chi connectivity index (χ0v) is 70.4. The number of aliphatic hydroxyl groups excluding tert-OH is 1. The molecule has 116 heavy (non-hydrogen) atoms. The first-order valence-corrected chi connectivity index (χ1v) is 38.6. The fourth-order valence-electron chi connectivity index (χ4n) is 12.1. The quantitative estimate of drug-likeness (QED) is 0.0286. The van der Waals surface area contributed by atoms with Gasteiger partial charge in [-0.3, -0.25) is 71.9 Å². The molecule has 0 aliphatic rings. The minimum Gasteiger partial charge on any atom is -0.484 e. The third-order valence-corrected chi connectivity index (χ3v) is 19.1. The summed E-state index contributed by atoms with van der Waals surface area (Å²) < 4.78 is 49.4. The van der Waals surface area contributed by atoms with Crippen molar-refractivity contribution in [3.8, 4) is 11.4 Å². The Hall–Kier alpha value is -10.7. The second-order valence-electron chi connectivity index (χ2n) is 30.2. The highest BCUT2D eigenvalue weighted by Crippen LogP contribution is 2.35. The summed E-state index contributed by atoms with van der Waals surface area (Å²) in [5.41, 5.74) is -2.19.